The van der Waals surface area contributed by atoms with E-state index in [0.717, 1.165) is 24.9 Å². The molecule has 6 heteroatoms. The monoisotopic (exact) mass is 296 g/mol. The number of carbonyl (C=O) groups excluding carboxylic acids is 1. The van der Waals surface area contributed by atoms with Gasteiger partial charge < -0.3 is 10.6 Å². The van der Waals surface area contributed by atoms with Gasteiger partial charge in [0.15, 0.2) is 9.84 Å². The molecule has 1 amide bonds. The molecular weight excluding hydrogens is 276 g/mol. The molecule has 1 aliphatic heterocycles. The molecule has 0 aliphatic carbocycles. The van der Waals surface area contributed by atoms with E-state index < -0.39 is 9.84 Å². The Balaban J connectivity index is 2.18. The van der Waals surface area contributed by atoms with Crippen LogP contribution >= 0.6 is 0 Å². The van der Waals surface area contributed by atoms with Crippen molar-refractivity contribution in [3.63, 3.8) is 0 Å². The average molecular weight is 296 g/mol. The maximum Gasteiger partial charge on any atom is 0.227 e. The SMILES string of the molecule is Cc1ccc(S(C)(=O)=O)cc1NC(=O)C(C)C1CNC1. The first kappa shape index (κ1) is 15.0. The minimum atomic E-state index is -3.27. The van der Waals surface area contributed by atoms with Crippen LogP contribution in [0.2, 0.25) is 0 Å². The number of carbonyl (C=O) groups is 1. The predicted octanol–water partition coefficient (Wildman–Crippen LogP) is 1.19. The van der Waals surface area contributed by atoms with Gasteiger partial charge in [0.25, 0.3) is 0 Å². The van der Waals surface area contributed by atoms with Crippen molar-refractivity contribution < 1.29 is 13.2 Å². The normalized spacial score (nSPS) is 17.4. The fourth-order valence-corrected chi connectivity index (χ4v) is 2.74. The molecule has 1 heterocycles. The fourth-order valence-electron chi connectivity index (χ4n) is 2.09. The van der Waals surface area contributed by atoms with Crippen molar-refractivity contribution in [2.45, 2.75) is 18.7 Å². The molecule has 1 unspecified atom stereocenters. The van der Waals surface area contributed by atoms with E-state index in [-0.39, 0.29) is 16.7 Å². The van der Waals surface area contributed by atoms with Crippen molar-refractivity contribution in [3.05, 3.63) is 23.8 Å². The maximum atomic E-state index is 12.2. The number of aryl methyl sites for hydroxylation is 1. The van der Waals surface area contributed by atoms with E-state index >= 15 is 0 Å². The van der Waals surface area contributed by atoms with Crippen molar-refractivity contribution in [2.75, 3.05) is 24.7 Å². The minimum Gasteiger partial charge on any atom is -0.326 e. The van der Waals surface area contributed by atoms with Gasteiger partial charge in [0.1, 0.15) is 0 Å². The van der Waals surface area contributed by atoms with E-state index in [1.54, 1.807) is 12.1 Å². The standard InChI is InChI=1S/C14H20N2O3S/c1-9-4-5-12(20(3,18)19)6-13(9)16-14(17)10(2)11-7-15-8-11/h4-6,10-11,15H,7-8H2,1-3H3,(H,16,17). The number of anilines is 1. The number of sulfone groups is 1. The lowest BCUT2D eigenvalue weighted by atomic mass is 9.88. The van der Waals surface area contributed by atoms with Crippen molar-refractivity contribution in [1.82, 2.24) is 5.32 Å². The highest BCUT2D eigenvalue weighted by atomic mass is 32.2. The molecule has 0 saturated carbocycles. The quantitative estimate of drug-likeness (QED) is 0.875. The fraction of sp³-hybridized carbons (Fsp3) is 0.500. The van der Waals surface area contributed by atoms with Crippen molar-refractivity contribution in [2.24, 2.45) is 11.8 Å². The Bertz CT molecular complexity index is 621. The number of rotatable bonds is 4. The topological polar surface area (TPSA) is 75.3 Å². The van der Waals surface area contributed by atoms with Crippen LogP contribution in [0.15, 0.2) is 23.1 Å². The number of hydrogen-bond acceptors (Lipinski definition) is 4. The predicted molar refractivity (Wildman–Crippen MR) is 78.4 cm³/mol. The zero-order valence-corrected chi connectivity index (χ0v) is 12.8. The number of hydrogen-bond donors (Lipinski definition) is 2. The largest absolute Gasteiger partial charge is 0.326 e. The van der Waals surface area contributed by atoms with E-state index in [2.05, 4.69) is 10.6 Å². The van der Waals surface area contributed by atoms with Crippen LogP contribution in [0.5, 0.6) is 0 Å². The molecule has 0 bridgehead atoms. The van der Waals surface area contributed by atoms with Gasteiger partial charge in [-0.15, -0.1) is 0 Å². The molecule has 0 radical (unpaired) electrons. The second-order valence-corrected chi connectivity index (χ2v) is 7.46. The summed E-state index contributed by atoms with van der Waals surface area (Å²) in [6.45, 7) is 5.46. The molecule has 110 valence electrons. The molecule has 1 fully saturated rings. The number of amides is 1. The Labute approximate surface area is 119 Å². The summed E-state index contributed by atoms with van der Waals surface area (Å²) in [5.74, 6) is 0.205. The minimum absolute atomic E-state index is 0.0646. The molecule has 2 rings (SSSR count). The molecule has 1 saturated heterocycles. The van der Waals surface area contributed by atoms with Crippen LogP contribution in [-0.4, -0.2) is 33.7 Å². The van der Waals surface area contributed by atoms with Gasteiger partial charge in [-0.2, -0.15) is 0 Å². The van der Waals surface area contributed by atoms with Crippen LogP contribution in [-0.2, 0) is 14.6 Å². The van der Waals surface area contributed by atoms with Gasteiger partial charge in [0.2, 0.25) is 5.91 Å². The van der Waals surface area contributed by atoms with Crippen molar-refractivity contribution in [3.8, 4) is 0 Å². The summed E-state index contributed by atoms with van der Waals surface area (Å²) in [6.07, 6.45) is 1.16. The lowest BCUT2D eigenvalue weighted by Crippen LogP contribution is -2.48. The van der Waals surface area contributed by atoms with Gasteiger partial charge in [-0.05, 0) is 43.6 Å². The average Bonchev–Trinajstić information content (AvgIpc) is 2.28. The van der Waals surface area contributed by atoms with Gasteiger partial charge in [-0.25, -0.2) is 8.42 Å². The summed E-state index contributed by atoms with van der Waals surface area (Å²) in [6, 6.07) is 4.79. The van der Waals surface area contributed by atoms with Gasteiger partial charge in [-0.3, -0.25) is 4.79 Å². The summed E-state index contributed by atoms with van der Waals surface area (Å²) < 4.78 is 23.1. The van der Waals surface area contributed by atoms with Gasteiger partial charge in [0, 0.05) is 17.9 Å². The van der Waals surface area contributed by atoms with Crippen molar-refractivity contribution >= 4 is 21.4 Å². The van der Waals surface area contributed by atoms with Crippen LogP contribution in [0.4, 0.5) is 5.69 Å². The summed E-state index contributed by atoms with van der Waals surface area (Å²) >= 11 is 0. The van der Waals surface area contributed by atoms with Gasteiger partial charge in [-0.1, -0.05) is 13.0 Å². The molecule has 2 N–H and O–H groups in total. The van der Waals surface area contributed by atoms with Crippen LogP contribution in [0.3, 0.4) is 0 Å². The highest BCUT2D eigenvalue weighted by molar-refractivity contribution is 7.90. The van der Waals surface area contributed by atoms with Gasteiger partial charge in [0.05, 0.1) is 4.90 Å². The molecule has 0 aromatic heterocycles. The van der Waals surface area contributed by atoms with E-state index in [1.165, 1.54) is 6.07 Å². The van der Waals surface area contributed by atoms with Crippen LogP contribution in [0.1, 0.15) is 12.5 Å². The van der Waals surface area contributed by atoms with E-state index in [9.17, 15) is 13.2 Å². The second kappa shape index (κ2) is 5.54. The third-order valence-electron chi connectivity index (χ3n) is 3.83. The Kier molecular flexibility index (Phi) is 4.15. The van der Waals surface area contributed by atoms with Crippen LogP contribution in [0, 0.1) is 18.8 Å². The van der Waals surface area contributed by atoms with Crippen molar-refractivity contribution in [1.29, 1.82) is 0 Å². The highest BCUT2D eigenvalue weighted by Crippen LogP contribution is 2.23. The molecule has 20 heavy (non-hydrogen) atoms. The third kappa shape index (κ3) is 3.19. The smallest absolute Gasteiger partial charge is 0.227 e. The molecule has 5 nitrogen and oxygen atoms in total. The van der Waals surface area contributed by atoms with E-state index in [0.29, 0.717) is 11.6 Å². The van der Waals surface area contributed by atoms with Crippen LogP contribution < -0.4 is 10.6 Å². The molecule has 1 aliphatic rings. The number of nitrogens with one attached hydrogen (secondary N) is 2. The van der Waals surface area contributed by atoms with Gasteiger partial charge >= 0.3 is 0 Å². The Hall–Kier alpha value is -1.40. The Morgan fingerprint density at radius 3 is 2.55 bits per heavy atom. The first-order valence-electron chi connectivity index (χ1n) is 6.61. The summed E-state index contributed by atoms with van der Waals surface area (Å²) in [5.41, 5.74) is 1.42. The molecular formula is C14H20N2O3S. The first-order chi connectivity index (χ1) is 9.29. The zero-order chi connectivity index (χ0) is 14.9. The lowest BCUT2D eigenvalue weighted by molar-refractivity contribution is -0.121. The van der Waals surface area contributed by atoms with Crippen LogP contribution in [0.25, 0.3) is 0 Å². The number of benzene rings is 1. The lowest BCUT2D eigenvalue weighted by Gasteiger charge is -2.31. The molecule has 1 aromatic rings. The molecule has 1 aromatic carbocycles. The summed E-state index contributed by atoms with van der Waals surface area (Å²) in [4.78, 5) is 12.4. The first-order valence-corrected chi connectivity index (χ1v) is 8.50. The zero-order valence-electron chi connectivity index (χ0n) is 11.9. The van der Waals surface area contributed by atoms with E-state index in [1.807, 2.05) is 13.8 Å². The third-order valence-corrected chi connectivity index (χ3v) is 4.94. The highest BCUT2D eigenvalue weighted by Gasteiger charge is 2.28. The molecule has 1 atom stereocenters. The Morgan fingerprint density at radius 1 is 1.40 bits per heavy atom. The maximum absolute atomic E-state index is 12.2. The molecule has 0 spiro atoms. The Morgan fingerprint density at radius 2 is 2.05 bits per heavy atom. The van der Waals surface area contributed by atoms with E-state index in [4.69, 9.17) is 0 Å². The second-order valence-electron chi connectivity index (χ2n) is 5.45. The summed E-state index contributed by atoms with van der Waals surface area (Å²) in [5, 5.41) is 5.98. The summed E-state index contributed by atoms with van der Waals surface area (Å²) in [7, 11) is -3.27.